The lowest BCUT2D eigenvalue weighted by molar-refractivity contribution is -0.111. The maximum atomic E-state index is 11.1. The molecule has 0 aliphatic carbocycles. The Kier molecular flexibility index (Phi) is 3.77. The van der Waals surface area contributed by atoms with E-state index >= 15 is 0 Å². The predicted octanol–water partition coefficient (Wildman–Crippen LogP) is 1.84. The highest BCUT2D eigenvalue weighted by Crippen LogP contribution is 2.18. The standard InChI is InChI=1S/C13H15NO3/c1-2-13(15)14-11-3-5-12(6-4-11)17-9-10-7-16-8-10/h2-6,10H,1,7-9H2,(H,14,15). The number of carbonyl (C=O) groups excluding carboxylic acids is 1. The molecule has 0 spiro atoms. The van der Waals surface area contributed by atoms with Crippen LogP contribution in [-0.2, 0) is 9.53 Å². The third-order valence-electron chi connectivity index (χ3n) is 2.50. The summed E-state index contributed by atoms with van der Waals surface area (Å²) in [6.45, 7) is 5.64. The van der Waals surface area contributed by atoms with Crippen molar-refractivity contribution in [3.63, 3.8) is 0 Å². The van der Waals surface area contributed by atoms with Crippen molar-refractivity contribution < 1.29 is 14.3 Å². The highest BCUT2D eigenvalue weighted by molar-refractivity contribution is 5.98. The maximum Gasteiger partial charge on any atom is 0.247 e. The van der Waals surface area contributed by atoms with Gasteiger partial charge < -0.3 is 14.8 Å². The summed E-state index contributed by atoms with van der Waals surface area (Å²) in [6, 6.07) is 7.26. The molecular weight excluding hydrogens is 218 g/mol. The van der Waals surface area contributed by atoms with Crippen molar-refractivity contribution in [2.75, 3.05) is 25.1 Å². The molecule has 2 rings (SSSR count). The molecule has 17 heavy (non-hydrogen) atoms. The first-order valence-corrected chi connectivity index (χ1v) is 5.52. The van der Waals surface area contributed by atoms with Crippen molar-refractivity contribution >= 4 is 11.6 Å². The second-order valence-corrected chi connectivity index (χ2v) is 3.93. The van der Waals surface area contributed by atoms with Crippen LogP contribution in [0.1, 0.15) is 0 Å². The Balaban J connectivity index is 1.83. The molecular formula is C13H15NO3. The number of ether oxygens (including phenoxy) is 2. The minimum absolute atomic E-state index is 0.217. The minimum Gasteiger partial charge on any atom is -0.493 e. The van der Waals surface area contributed by atoms with Gasteiger partial charge in [-0.05, 0) is 30.3 Å². The van der Waals surface area contributed by atoms with Gasteiger partial charge in [0.1, 0.15) is 5.75 Å². The van der Waals surface area contributed by atoms with Gasteiger partial charge in [-0.15, -0.1) is 0 Å². The van der Waals surface area contributed by atoms with Crippen LogP contribution >= 0.6 is 0 Å². The fourth-order valence-electron chi connectivity index (χ4n) is 1.42. The highest BCUT2D eigenvalue weighted by Gasteiger charge is 2.18. The van der Waals surface area contributed by atoms with Gasteiger partial charge in [0.05, 0.1) is 19.8 Å². The van der Waals surface area contributed by atoms with Crippen molar-refractivity contribution in [2.45, 2.75) is 0 Å². The quantitative estimate of drug-likeness (QED) is 0.789. The van der Waals surface area contributed by atoms with E-state index < -0.39 is 0 Å². The van der Waals surface area contributed by atoms with Crippen LogP contribution in [0.2, 0.25) is 0 Å². The van der Waals surface area contributed by atoms with E-state index in [1.807, 2.05) is 12.1 Å². The fraction of sp³-hybridized carbons (Fsp3) is 0.308. The van der Waals surface area contributed by atoms with E-state index in [2.05, 4.69) is 11.9 Å². The van der Waals surface area contributed by atoms with E-state index in [1.54, 1.807) is 12.1 Å². The number of hydrogen-bond acceptors (Lipinski definition) is 3. The molecule has 0 unspecified atom stereocenters. The molecule has 1 aliphatic heterocycles. The van der Waals surface area contributed by atoms with Crippen LogP contribution < -0.4 is 10.1 Å². The summed E-state index contributed by atoms with van der Waals surface area (Å²) in [4.78, 5) is 11.1. The van der Waals surface area contributed by atoms with Crippen LogP contribution in [0.5, 0.6) is 5.75 Å². The van der Waals surface area contributed by atoms with Crippen LogP contribution in [0.3, 0.4) is 0 Å². The Bertz CT molecular complexity index is 396. The largest absolute Gasteiger partial charge is 0.493 e. The molecule has 0 aromatic heterocycles. The van der Waals surface area contributed by atoms with Gasteiger partial charge in [-0.3, -0.25) is 4.79 Å². The first kappa shape index (κ1) is 11.7. The monoisotopic (exact) mass is 233 g/mol. The summed E-state index contributed by atoms with van der Waals surface area (Å²) >= 11 is 0. The molecule has 1 N–H and O–H groups in total. The molecule has 1 heterocycles. The number of anilines is 1. The van der Waals surface area contributed by atoms with Crippen LogP contribution in [0.25, 0.3) is 0 Å². The Morgan fingerprint density at radius 1 is 1.47 bits per heavy atom. The van der Waals surface area contributed by atoms with Gasteiger partial charge in [0.15, 0.2) is 0 Å². The second kappa shape index (κ2) is 5.50. The lowest BCUT2D eigenvalue weighted by Gasteiger charge is -2.25. The summed E-state index contributed by atoms with van der Waals surface area (Å²) in [5.74, 6) is 1.09. The molecule has 1 aliphatic rings. The number of benzene rings is 1. The van der Waals surface area contributed by atoms with Crippen molar-refractivity contribution in [3.8, 4) is 5.75 Å². The molecule has 4 nitrogen and oxygen atoms in total. The average molecular weight is 233 g/mol. The molecule has 1 saturated heterocycles. The smallest absolute Gasteiger partial charge is 0.247 e. The number of rotatable bonds is 5. The Morgan fingerprint density at radius 2 is 2.18 bits per heavy atom. The van der Waals surface area contributed by atoms with Crippen LogP contribution in [0, 0.1) is 5.92 Å². The molecule has 0 saturated carbocycles. The molecule has 0 radical (unpaired) electrons. The summed E-state index contributed by atoms with van der Waals surface area (Å²) in [5, 5.41) is 2.67. The molecule has 1 fully saturated rings. The van der Waals surface area contributed by atoms with Crippen molar-refractivity contribution in [1.82, 2.24) is 0 Å². The van der Waals surface area contributed by atoms with Gasteiger partial charge in [-0.2, -0.15) is 0 Å². The predicted molar refractivity (Wildman–Crippen MR) is 65.1 cm³/mol. The van der Waals surface area contributed by atoms with Crippen molar-refractivity contribution in [1.29, 1.82) is 0 Å². The highest BCUT2D eigenvalue weighted by atomic mass is 16.5. The zero-order valence-corrected chi connectivity index (χ0v) is 9.52. The van der Waals surface area contributed by atoms with Crippen LogP contribution in [-0.4, -0.2) is 25.7 Å². The lowest BCUT2D eigenvalue weighted by atomic mass is 10.1. The van der Waals surface area contributed by atoms with E-state index in [1.165, 1.54) is 6.08 Å². The van der Waals surface area contributed by atoms with Gasteiger partial charge >= 0.3 is 0 Å². The van der Waals surface area contributed by atoms with Gasteiger partial charge in [-0.25, -0.2) is 0 Å². The maximum absolute atomic E-state index is 11.1. The summed E-state index contributed by atoms with van der Waals surface area (Å²) in [6.07, 6.45) is 1.24. The van der Waals surface area contributed by atoms with E-state index in [0.717, 1.165) is 24.7 Å². The van der Waals surface area contributed by atoms with E-state index in [-0.39, 0.29) is 5.91 Å². The average Bonchev–Trinajstić information content (AvgIpc) is 2.29. The van der Waals surface area contributed by atoms with Gasteiger partial charge in [-0.1, -0.05) is 6.58 Å². The molecule has 1 aromatic carbocycles. The normalized spacial score (nSPS) is 14.8. The first-order valence-electron chi connectivity index (χ1n) is 5.52. The fourth-order valence-corrected chi connectivity index (χ4v) is 1.42. The summed E-state index contributed by atoms with van der Waals surface area (Å²) < 4.78 is 10.6. The second-order valence-electron chi connectivity index (χ2n) is 3.93. The molecule has 0 bridgehead atoms. The van der Waals surface area contributed by atoms with Crippen LogP contribution in [0.15, 0.2) is 36.9 Å². The third kappa shape index (κ3) is 3.32. The molecule has 0 atom stereocenters. The molecule has 4 heteroatoms. The topological polar surface area (TPSA) is 47.6 Å². The van der Waals surface area contributed by atoms with Gasteiger partial charge in [0.25, 0.3) is 0 Å². The third-order valence-corrected chi connectivity index (χ3v) is 2.50. The van der Waals surface area contributed by atoms with Crippen molar-refractivity contribution in [2.24, 2.45) is 5.92 Å². The number of hydrogen-bond donors (Lipinski definition) is 1. The Hall–Kier alpha value is -1.81. The van der Waals surface area contributed by atoms with Gasteiger partial charge in [0.2, 0.25) is 5.91 Å². The Labute approximate surface area is 100 Å². The SMILES string of the molecule is C=CC(=O)Nc1ccc(OCC2COC2)cc1. The zero-order valence-electron chi connectivity index (χ0n) is 9.52. The van der Waals surface area contributed by atoms with Crippen LogP contribution in [0.4, 0.5) is 5.69 Å². The Morgan fingerprint density at radius 3 is 2.71 bits per heavy atom. The first-order chi connectivity index (χ1) is 8.28. The lowest BCUT2D eigenvalue weighted by Crippen LogP contribution is -2.32. The summed E-state index contributed by atoms with van der Waals surface area (Å²) in [7, 11) is 0. The zero-order chi connectivity index (χ0) is 12.1. The van der Waals surface area contributed by atoms with Gasteiger partial charge in [0, 0.05) is 11.6 Å². The van der Waals surface area contributed by atoms with E-state index in [4.69, 9.17) is 9.47 Å². The molecule has 1 amide bonds. The molecule has 1 aromatic rings. The number of carbonyl (C=O) groups is 1. The number of nitrogens with one attached hydrogen (secondary N) is 1. The summed E-state index contributed by atoms with van der Waals surface area (Å²) in [5.41, 5.74) is 0.731. The van der Waals surface area contributed by atoms with Crippen molar-refractivity contribution in [3.05, 3.63) is 36.9 Å². The van der Waals surface area contributed by atoms with E-state index in [0.29, 0.717) is 12.5 Å². The molecule has 90 valence electrons. The number of amides is 1. The van der Waals surface area contributed by atoms with E-state index in [9.17, 15) is 4.79 Å². The minimum atomic E-state index is -0.217.